The Labute approximate surface area is 96.1 Å². The maximum atomic E-state index is 5.57. The summed E-state index contributed by atoms with van der Waals surface area (Å²) in [5.41, 5.74) is 0. The molecule has 2 nitrogen and oxygen atoms in total. The molecule has 0 N–H and O–H groups in total. The zero-order chi connectivity index (χ0) is 9.80. The molecule has 1 heterocycles. The summed E-state index contributed by atoms with van der Waals surface area (Å²) in [6, 6.07) is 13.5. The Balaban J connectivity index is 2.16. The summed E-state index contributed by atoms with van der Waals surface area (Å²) < 4.78 is 6.53. The number of para-hydroxylation sites is 1. The number of rotatable bonds is 2. The van der Waals surface area contributed by atoms with Crippen molar-refractivity contribution in [2.75, 3.05) is 0 Å². The molecule has 3 heteroatoms. The molecule has 0 aliphatic rings. The third-order valence-electron chi connectivity index (χ3n) is 1.68. The SMILES string of the molecule is Ic1ccc(Oc2ccccc2)cn1. The predicted octanol–water partition coefficient (Wildman–Crippen LogP) is 3.48. The molecule has 0 bridgehead atoms. The Bertz CT molecular complexity index is 399. The molecule has 0 aliphatic carbocycles. The van der Waals surface area contributed by atoms with E-state index in [1.807, 2.05) is 42.5 Å². The van der Waals surface area contributed by atoms with Crippen molar-refractivity contribution in [3.8, 4) is 11.5 Å². The fraction of sp³-hybridized carbons (Fsp3) is 0. The predicted molar refractivity (Wildman–Crippen MR) is 63.5 cm³/mol. The molecule has 0 amide bonds. The second-order valence-electron chi connectivity index (χ2n) is 2.73. The Morgan fingerprint density at radius 1 is 0.929 bits per heavy atom. The van der Waals surface area contributed by atoms with Crippen molar-refractivity contribution in [1.82, 2.24) is 4.98 Å². The average Bonchev–Trinajstić information content (AvgIpc) is 2.23. The van der Waals surface area contributed by atoms with Crippen LogP contribution in [0.2, 0.25) is 0 Å². The highest BCUT2D eigenvalue weighted by atomic mass is 127. The third kappa shape index (κ3) is 2.45. The van der Waals surface area contributed by atoms with Gasteiger partial charge in [-0.1, -0.05) is 18.2 Å². The van der Waals surface area contributed by atoms with Gasteiger partial charge in [0.1, 0.15) is 15.2 Å². The minimum absolute atomic E-state index is 0.761. The molecule has 0 spiro atoms. The topological polar surface area (TPSA) is 22.1 Å². The van der Waals surface area contributed by atoms with Crippen molar-refractivity contribution in [2.24, 2.45) is 0 Å². The maximum Gasteiger partial charge on any atom is 0.145 e. The molecule has 0 saturated carbocycles. The van der Waals surface area contributed by atoms with Crippen molar-refractivity contribution < 1.29 is 4.74 Å². The maximum absolute atomic E-state index is 5.57. The Morgan fingerprint density at radius 2 is 1.71 bits per heavy atom. The fourth-order valence-corrected chi connectivity index (χ4v) is 1.37. The van der Waals surface area contributed by atoms with Gasteiger partial charge < -0.3 is 4.74 Å². The molecule has 0 fully saturated rings. The van der Waals surface area contributed by atoms with Crippen LogP contribution in [0.15, 0.2) is 48.7 Å². The van der Waals surface area contributed by atoms with Gasteiger partial charge in [-0.15, -0.1) is 0 Å². The highest BCUT2D eigenvalue weighted by molar-refractivity contribution is 14.1. The zero-order valence-corrected chi connectivity index (χ0v) is 9.51. The van der Waals surface area contributed by atoms with Gasteiger partial charge in [-0.05, 0) is 46.9 Å². The van der Waals surface area contributed by atoms with Crippen LogP contribution in [0.25, 0.3) is 0 Å². The summed E-state index contributed by atoms with van der Waals surface area (Å²) in [6.07, 6.45) is 1.72. The number of nitrogens with zero attached hydrogens (tertiary/aromatic N) is 1. The van der Waals surface area contributed by atoms with E-state index in [9.17, 15) is 0 Å². The number of halogens is 1. The van der Waals surface area contributed by atoms with E-state index in [1.165, 1.54) is 0 Å². The third-order valence-corrected chi connectivity index (χ3v) is 2.32. The molecule has 0 radical (unpaired) electrons. The van der Waals surface area contributed by atoms with Gasteiger partial charge in [-0.2, -0.15) is 0 Å². The van der Waals surface area contributed by atoms with Crippen LogP contribution in [0.1, 0.15) is 0 Å². The number of hydrogen-bond acceptors (Lipinski definition) is 2. The van der Waals surface area contributed by atoms with Crippen molar-refractivity contribution in [3.05, 3.63) is 52.4 Å². The van der Waals surface area contributed by atoms with Gasteiger partial charge in [0.25, 0.3) is 0 Å². The zero-order valence-electron chi connectivity index (χ0n) is 7.35. The van der Waals surface area contributed by atoms with Crippen molar-refractivity contribution >= 4 is 22.6 Å². The number of ether oxygens (including phenoxy) is 1. The van der Waals surface area contributed by atoms with Gasteiger partial charge in [0, 0.05) is 0 Å². The van der Waals surface area contributed by atoms with E-state index in [-0.39, 0.29) is 0 Å². The van der Waals surface area contributed by atoms with Crippen molar-refractivity contribution in [3.63, 3.8) is 0 Å². The first-order valence-corrected chi connectivity index (χ1v) is 5.27. The lowest BCUT2D eigenvalue weighted by molar-refractivity contribution is 0.480. The Kier molecular flexibility index (Phi) is 2.98. The summed E-state index contributed by atoms with van der Waals surface area (Å²) in [7, 11) is 0. The van der Waals surface area contributed by atoms with Gasteiger partial charge in [0.15, 0.2) is 0 Å². The summed E-state index contributed by atoms with van der Waals surface area (Å²) in [6.45, 7) is 0. The number of pyridine rings is 1. The summed E-state index contributed by atoms with van der Waals surface area (Å²) in [4.78, 5) is 4.14. The minimum atomic E-state index is 0.761. The number of hydrogen-bond donors (Lipinski definition) is 0. The number of aromatic nitrogens is 1. The van der Waals surface area contributed by atoms with E-state index in [4.69, 9.17) is 4.74 Å². The van der Waals surface area contributed by atoms with E-state index in [2.05, 4.69) is 27.6 Å². The molecule has 0 saturated heterocycles. The fourth-order valence-electron chi connectivity index (χ4n) is 1.05. The van der Waals surface area contributed by atoms with Gasteiger partial charge in [0.2, 0.25) is 0 Å². The van der Waals surface area contributed by atoms with E-state index >= 15 is 0 Å². The van der Waals surface area contributed by atoms with Crippen LogP contribution in [0.5, 0.6) is 11.5 Å². The molecule has 2 rings (SSSR count). The van der Waals surface area contributed by atoms with Crippen LogP contribution in [0, 0.1) is 3.70 Å². The standard InChI is InChI=1S/C11H8INO/c12-11-7-6-10(8-13-11)14-9-4-2-1-3-5-9/h1-8H. The van der Waals surface area contributed by atoms with Crippen LogP contribution < -0.4 is 4.74 Å². The molecule has 0 atom stereocenters. The molecule has 70 valence electrons. The second-order valence-corrected chi connectivity index (χ2v) is 3.84. The second kappa shape index (κ2) is 4.41. The molecule has 0 aliphatic heterocycles. The van der Waals surface area contributed by atoms with E-state index in [0.29, 0.717) is 0 Å². The largest absolute Gasteiger partial charge is 0.456 e. The summed E-state index contributed by atoms with van der Waals surface area (Å²) in [5, 5.41) is 0. The monoisotopic (exact) mass is 297 g/mol. The van der Waals surface area contributed by atoms with Crippen molar-refractivity contribution in [1.29, 1.82) is 0 Å². The molecule has 14 heavy (non-hydrogen) atoms. The molecule has 2 aromatic rings. The first-order chi connectivity index (χ1) is 6.84. The van der Waals surface area contributed by atoms with Crippen LogP contribution >= 0.6 is 22.6 Å². The van der Waals surface area contributed by atoms with Gasteiger partial charge >= 0.3 is 0 Å². The lowest BCUT2D eigenvalue weighted by atomic mass is 10.3. The lowest BCUT2D eigenvalue weighted by Crippen LogP contribution is -1.85. The van der Waals surface area contributed by atoms with Gasteiger partial charge in [-0.25, -0.2) is 4.98 Å². The highest BCUT2D eigenvalue weighted by Gasteiger charge is 1.95. The quantitative estimate of drug-likeness (QED) is 0.625. The Morgan fingerprint density at radius 3 is 2.36 bits per heavy atom. The number of benzene rings is 1. The first-order valence-electron chi connectivity index (χ1n) is 4.19. The highest BCUT2D eigenvalue weighted by Crippen LogP contribution is 2.19. The summed E-state index contributed by atoms with van der Waals surface area (Å²) in [5.74, 6) is 1.59. The van der Waals surface area contributed by atoms with E-state index in [0.717, 1.165) is 15.2 Å². The molecular formula is C11H8INO. The first kappa shape index (κ1) is 9.45. The molecule has 0 unspecified atom stereocenters. The average molecular weight is 297 g/mol. The van der Waals surface area contributed by atoms with E-state index < -0.39 is 0 Å². The smallest absolute Gasteiger partial charge is 0.145 e. The molecule has 1 aromatic heterocycles. The molecular weight excluding hydrogens is 289 g/mol. The van der Waals surface area contributed by atoms with Crippen molar-refractivity contribution in [2.45, 2.75) is 0 Å². The minimum Gasteiger partial charge on any atom is -0.456 e. The van der Waals surface area contributed by atoms with Gasteiger partial charge in [-0.3, -0.25) is 0 Å². The van der Waals surface area contributed by atoms with Crippen LogP contribution in [0.3, 0.4) is 0 Å². The van der Waals surface area contributed by atoms with Crippen LogP contribution in [0.4, 0.5) is 0 Å². The van der Waals surface area contributed by atoms with Crippen LogP contribution in [-0.2, 0) is 0 Å². The van der Waals surface area contributed by atoms with E-state index in [1.54, 1.807) is 6.20 Å². The molecule has 1 aromatic carbocycles. The lowest BCUT2D eigenvalue weighted by Gasteiger charge is -2.03. The Hall–Kier alpha value is -1.10. The normalized spacial score (nSPS) is 9.79. The van der Waals surface area contributed by atoms with Crippen LogP contribution in [-0.4, -0.2) is 4.98 Å². The van der Waals surface area contributed by atoms with Gasteiger partial charge in [0.05, 0.1) is 6.20 Å². The summed E-state index contributed by atoms with van der Waals surface area (Å²) >= 11 is 2.16.